The monoisotopic (exact) mass is 609 g/mol. The molecule has 3 fully saturated rings. The van der Waals surface area contributed by atoms with Gasteiger partial charge in [0, 0.05) is 57.4 Å². The van der Waals surface area contributed by atoms with E-state index >= 15 is 0 Å². The van der Waals surface area contributed by atoms with Crippen LogP contribution in [0.1, 0.15) is 39.1 Å². The summed E-state index contributed by atoms with van der Waals surface area (Å²) in [6, 6.07) is 9.17. The second-order valence-corrected chi connectivity index (χ2v) is 11.2. The lowest BCUT2D eigenvalue weighted by Gasteiger charge is -2.48. The minimum Gasteiger partial charge on any atom is -0.481 e. The Kier molecular flexibility index (Phi) is 8.04. The van der Waals surface area contributed by atoms with E-state index in [1.165, 1.54) is 12.1 Å². The number of nitrogens with zero attached hydrogens (tertiary/aromatic N) is 4. The summed E-state index contributed by atoms with van der Waals surface area (Å²) in [5.74, 6) is 4.24. The second-order valence-electron chi connectivity index (χ2n) is 11.2. The van der Waals surface area contributed by atoms with Crippen molar-refractivity contribution in [1.29, 1.82) is 0 Å². The number of piperazine rings is 1. The first-order chi connectivity index (χ1) is 21.1. The molecule has 0 saturated carbocycles. The number of ether oxygens (including phenoxy) is 1. The summed E-state index contributed by atoms with van der Waals surface area (Å²) < 4.78 is 43.4. The molecule has 230 valence electrons. The summed E-state index contributed by atoms with van der Waals surface area (Å²) >= 11 is 0. The third-order valence-corrected chi connectivity index (χ3v) is 8.48. The number of anilines is 1. The number of hydrogen-bond acceptors (Lipinski definition) is 8. The molecule has 0 spiro atoms. The predicted molar refractivity (Wildman–Crippen MR) is 152 cm³/mol. The number of halogens is 3. The van der Waals surface area contributed by atoms with Crippen LogP contribution in [0.25, 0.3) is 0 Å². The molecule has 0 bridgehead atoms. The van der Waals surface area contributed by atoms with Gasteiger partial charge < -0.3 is 9.64 Å². The molecule has 44 heavy (non-hydrogen) atoms. The smallest absolute Gasteiger partial charge is 0.416 e. The van der Waals surface area contributed by atoms with Gasteiger partial charge in [-0.1, -0.05) is 11.8 Å². The lowest BCUT2D eigenvalue weighted by Crippen LogP contribution is -2.63. The third-order valence-electron chi connectivity index (χ3n) is 8.48. The van der Waals surface area contributed by atoms with Gasteiger partial charge in [-0.05, 0) is 48.9 Å². The Morgan fingerprint density at radius 3 is 2.27 bits per heavy atom. The number of amides is 4. The van der Waals surface area contributed by atoms with Crippen LogP contribution in [0, 0.1) is 11.8 Å². The highest BCUT2D eigenvalue weighted by atomic mass is 19.4. The second kappa shape index (κ2) is 11.9. The molecule has 4 amide bonds. The number of benzene rings is 2. The number of fused-ring (bicyclic) bond motifs is 1. The van der Waals surface area contributed by atoms with Gasteiger partial charge in [-0.15, -0.1) is 0 Å². The Morgan fingerprint density at radius 2 is 1.59 bits per heavy atom. The molecule has 6 rings (SSSR count). The largest absolute Gasteiger partial charge is 0.481 e. The van der Waals surface area contributed by atoms with Gasteiger partial charge >= 0.3 is 6.18 Å². The fourth-order valence-electron chi connectivity index (χ4n) is 5.98. The van der Waals surface area contributed by atoms with Gasteiger partial charge in [0.1, 0.15) is 18.4 Å². The van der Waals surface area contributed by atoms with Crippen LogP contribution < -0.4 is 15.0 Å². The fourth-order valence-corrected chi connectivity index (χ4v) is 5.98. The summed E-state index contributed by atoms with van der Waals surface area (Å²) in [7, 11) is 0. The average molecular weight is 610 g/mol. The molecule has 1 unspecified atom stereocenters. The lowest BCUT2D eigenvalue weighted by atomic mass is 10.0. The predicted octanol–water partition coefficient (Wildman–Crippen LogP) is 2.00. The van der Waals surface area contributed by atoms with Gasteiger partial charge in [0.2, 0.25) is 11.8 Å². The third kappa shape index (κ3) is 6.00. The molecule has 1 atom stereocenters. The zero-order chi connectivity index (χ0) is 31.0. The van der Waals surface area contributed by atoms with Crippen LogP contribution in [0.3, 0.4) is 0 Å². The lowest BCUT2D eigenvalue weighted by molar-refractivity contribution is -0.138. The number of piperidine rings is 1. The summed E-state index contributed by atoms with van der Waals surface area (Å²) in [4.78, 5) is 57.8. The zero-order valence-corrected chi connectivity index (χ0v) is 23.7. The van der Waals surface area contributed by atoms with Crippen molar-refractivity contribution < 1.29 is 37.1 Å². The number of alkyl halides is 3. The summed E-state index contributed by atoms with van der Waals surface area (Å²) in [5, 5.41) is 2.21. The van der Waals surface area contributed by atoms with Crippen molar-refractivity contribution in [2.24, 2.45) is 0 Å². The van der Waals surface area contributed by atoms with Crippen molar-refractivity contribution in [3.8, 4) is 17.6 Å². The first-order valence-corrected chi connectivity index (χ1v) is 14.4. The van der Waals surface area contributed by atoms with Crippen LogP contribution in [-0.2, 0) is 15.8 Å². The Bertz CT molecular complexity index is 1540. The van der Waals surface area contributed by atoms with E-state index in [1.807, 2.05) is 6.07 Å². The maximum Gasteiger partial charge on any atom is 0.416 e. The molecule has 4 aliphatic heterocycles. The van der Waals surface area contributed by atoms with E-state index in [0.717, 1.165) is 62.0 Å². The first kappa shape index (κ1) is 29.7. The van der Waals surface area contributed by atoms with E-state index in [0.29, 0.717) is 18.3 Å². The maximum absolute atomic E-state index is 13.2. The molecule has 0 aliphatic carbocycles. The van der Waals surface area contributed by atoms with Gasteiger partial charge in [-0.3, -0.25) is 39.2 Å². The van der Waals surface area contributed by atoms with E-state index in [1.54, 1.807) is 12.1 Å². The molecule has 2 aromatic rings. The van der Waals surface area contributed by atoms with E-state index in [4.69, 9.17) is 4.74 Å². The number of imide groups is 2. The Morgan fingerprint density at radius 1 is 0.886 bits per heavy atom. The normalized spacial score (nSPS) is 21.5. The number of carbonyl (C=O) groups excluding carboxylic acids is 4. The molecular weight excluding hydrogens is 579 g/mol. The van der Waals surface area contributed by atoms with Gasteiger partial charge in [0.05, 0.1) is 23.2 Å². The highest BCUT2D eigenvalue weighted by Gasteiger charge is 2.45. The van der Waals surface area contributed by atoms with Crippen LogP contribution in [0.4, 0.5) is 18.9 Å². The van der Waals surface area contributed by atoms with Crippen LogP contribution in [-0.4, -0.2) is 103 Å². The molecule has 2 aromatic carbocycles. The van der Waals surface area contributed by atoms with E-state index in [-0.39, 0.29) is 30.6 Å². The minimum absolute atomic E-state index is 0.0785. The van der Waals surface area contributed by atoms with E-state index in [9.17, 15) is 32.3 Å². The number of rotatable bonds is 6. The zero-order valence-electron chi connectivity index (χ0n) is 23.7. The van der Waals surface area contributed by atoms with Crippen molar-refractivity contribution >= 4 is 29.3 Å². The van der Waals surface area contributed by atoms with Crippen molar-refractivity contribution in [3.05, 3.63) is 59.2 Å². The van der Waals surface area contributed by atoms with Crippen molar-refractivity contribution in [2.75, 3.05) is 57.3 Å². The Labute approximate surface area is 251 Å². The van der Waals surface area contributed by atoms with Gasteiger partial charge in [0.25, 0.3) is 11.8 Å². The number of likely N-dealkylation sites (tertiary alicyclic amines) is 1. The Hall–Kier alpha value is -4.41. The molecule has 1 N–H and O–H groups in total. The van der Waals surface area contributed by atoms with Gasteiger partial charge in [-0.2, -0.15) is 13.2 Å². The topological polar surface area (TPSA) is 102 Å². The minimum atomic E-state index is -4.38. The average Bonchev–Trinajstić information content (AvgIpc) is 3.22. The molecular formula is C31H30F3N5O5. The molecule has 0 radical (unpaired) electrons. The summed E-state index contributed by atoms with van der Waals surface area (Å²) in [5.41, 5.74) is 0.673. The molecule has 4 aliphatic rings. The van der Waals surface area contributed by atoms with E-state index < -0.39 is 41.4 Å². The highest BCUT2D eigenvalue weighted by Crippen LogP contribution is 2.32. The van der Waals surface area contributed by atoms with E-state index in [2.05, 4.69) is 31.9 Å². The molecule has 13 heteroatoms. The number of hydrogen-bond donors (Lipinski definition) is 1. The SMILES string of the molecule is O=C1CCC(N2C(=O)c3ccc(N4CCN(C5CN(CC#CCOc6ccc(C(F)(F)F)cc6)C5)CC4)cc3C2=O)C(=O)N1. The van der Waals surface area contributed by atoms with Gasteiger partial charge in [0.15, 0.2) is 0 Å². The molecule has 3 saturated heterocycles. The number of nitrogens with one attached hydrogen (secondary N) is 1. The fraction of sp³-hybridized carbons (Fsp3) is 0.419. The first-order valence-electron chi connectivity index (χ1n) is 14.4. The molecule has 0 aromatic heterocycles. The molecule has 4 heterocycles. The quantitative estimate of drug-likeness (QED) is 0.392. The summed E-state index contributed by atoms with van der Waals surface area (Å²) in [6.45, 7) is 5.67. The standard InChI is InChI=1S/C31H30F3N5O5/c32-31(33,34)20-3-6-23(7-4-20)44-16-2-1-11-36-18-22(19-36)38-14-12-37(13-15-38)21-5-8-24-25(17-21)30(43)39(29(24)42)26-9-10-27(40)35-28(26)41/h3-8,17,22,26H,9-16,18-19H2,(H,35,40,41). The van der Waals surface area contributed by atoms with Gasteiger partial charge in [-0.25, -0.2) is 0 Å². The molecule has 10 nitrogen and oxygen atoms in total. The van der Waals surface area contributed by atoms with Crippen molar-refractivity contribution in [2.45, 2.75) is 31.1 Å². The van der Waals surface area contributed by atoms with Crippen LogP contribution >= 0.6 is 0 Å². The van der Waals surface area contributed by atoms with Crippen molar-refractivity contribution in [1.82, 2.24) is 20.0 Å². The Balaban J connectivity index is 0.940. The number of carbonyl (C=O) groups is 4. The van der Waals surface area contributed by atoms with Crippen LogP contribution in [0.2, 0.25) is 0 Å². The summed E-state index contributed by atoms with van der Waals surface area (Å²) in [6.07, 6.45) is -4.18. The highest BCUT2D eigenvalue weighted by molar-refractivity contribution is 6.23. The maximum atomic E-state index is 13.2. The van der Waals surface area contributed by atoms with Crippen molar-refractivity contribution in [3.63, 3.8) is 0 Å². The van der Waals surface area contributed by atoms with Crippen LogP contribution in [0.5, 0.6) is 5.75 Å². The van der Waals surface area contributed by atoms with Crippen LogP contribution in [0.15, 0.2) is 42.5 Å².